The second kappa shape index (κ2) is 7.43. The number of nitrogens with zero attached hydrogens (tertiary/aromatic N) is 2. The van der Waals surface area contributed by atoms with Crippen molar-refractivity contribution in [1.82, 2.24) is 15.1 Å². The zero-order valence-electron chi connectivity index (χ0n) is 14.1. The number of hydrogen-bond acceptors (Lipinski definition) is 3. The van der Waals surface area contributed by atoms with Crippen LogP contribution in [0.1, 0.15) is 51.9 Å². The second-order valence-electron chi connectivity index (χ2n) is 8.17. The highest BCUT2D eigenvalue weighted by Crippen LogP contribution is 2.27. The Morgan fingerprint density at radius 2 is 1.71 bits per heavy atom. The molecule has 1 unspecified atom stereocenters. The number of hydrogen-bond donors (Lipinski definition) is 1. The summed E-state index contributed by atoms with van der Waals surface area (Å²) in [6, 6.07) is 0. The third kappa shape index (κ3) is 4.67. The van der Waals surface area contributed by atoms with Gasteiger partial charge in [0.15, 0.2) is 0 Å². The van der Waals surface area contributed by atoms with Crippen molar-refractivity contribution in [3.8, 4) is 0 Å². The van der Waals surface area contributed by atoms with Crippen LogP contribution in [0.5, 0.6) is 0 Å². The Morgan fingerprint density at radius 3 is 2.48 bits per heavy atom. The van der Waals surface area contributed by atoms with E-state index in [0.717, 1.165) is 5.92 Å². The molecule has 2 saturated heterocycles. The average Bonchev–Trinajstić information content (AvgIpc) is 2.80. The first-order chi connectivity index (χ1) is 10.2. The van der Waals surface area contributed by atoms with E-state index >= 15 is 0 Å². The van der Waals surface area contributed by atoms with Gasteiger partial charge in [0.25, 0.3) is 0 Å². The molecule has 3 fully saturated rings. The zero-order valence-corrected chi connectivity index (χ0v) is 14.1. The molecule has 0 aromatic carbocycles. The molecule has 3 heteroatoms. The van der Waals surface area contributed by atoms with Gasteiger partial charge in [-0.25, -0.2) is 0 Å². The molecule has 3 aliphatic rings. The Labute approximate surface area is 131 Å². The molecular weight excluding hydrogens is 258 g/mol. The molecular formula is C18H35N3. The standard InChI is InChI=1S/C18H35N3/c1-18(8-9-19-15-18)16-21-11-5-10-20(12-13-21)14-17-6-3-2-4-7-17/h17,19H,2-16H2,1H3. The fourth-order valence-corrected chi connectivity index (χ4v) is 4.64. The summed E-state index contributed by atoms with van der Waals surface area (Å²) in [6.07, 6.45) is 10.2. The van der Waals surface area contributed by atoms with Gasteiger partial charge in [0, 0.05) is 32.7 Å². The van der Waals surface area contributed by atoms with Crippen LogP contribution in [-0.4, -0.2) is 62.2 Å². The molecule has 3 nitrogen and oxygen atoms in total. The first-order valence-corrected chi connectivity index (χ1v) is 9.39. The minimum absolute atomic E-state index is 0.526. The fraction of sp³-hybridized carbons (Fsp3) is 1.00. The van der Waals surface area contributed by atoms with E-state index in [-0.39, 0.29) is 0 Å². The maximum Gasteiger partial charge on any atom is 0.0110 e. The summed E-state index contributed by atoms with van der Waals surface area (Å²) in [6.45, 7) is 12.8. The van der Waals surface area contributed by atoms with Crippen LogP contribution in [0, 0.1) is 11.3 Å². The first kappa shape index (κ1) is 15.8. The van der Waals surface area contributed by atoms with Gasteiger partial charge in [-0.2, -0.15) is 0 Å². The molecule has 0 bridgehead atoms. The molecule has 0 aromatic rings. The van der Waals surface area contributed by atoms with Crippen LogP contribution in [-0.2, 0) is 0 Å². The molecule has 2 heterocycles. The molecule has 2 aliphatic heterocycles. The van der Waals surface area contributed by atoms with Crippen molar-refractivity contribution in [2.24, 2.45) is 11.3 Å². The van der Waals surface area contributed by atoms with Crippen molar-refractivity contribution in [1.29, 1.82) is 0 Å². The summed E-state index contributed by atoms with van der Waals surface area (Å²) in [5.41, 5.74) is 0.526. The third-order valence-electron chi connectivity index (χ3n) is 5.98. The van der Waals surface area contributed by atoms with Crippen LogP contribution in [0.4, 0.5) is 0 Å². The van der Waals surface area contributed by atoms with E-state index in [1.807, 2.05) is 0 Å². The van der Waals surface area contributed by atoms with E-state index in [1.165, 1.54) is 97.3 Å². The van der Waals surface area contributed by atoms with E-state index in [9.17, 15) is 0 Å². The summed E-state index contributed by atoms with van der Waals surface area (Å²) in [5.74, 6) is 1.00. The minimum atomic E-state index is 0.526. The highest BCUT2D eigenvalue weighted by Gasteiger charge is 2.31. The van der Waals surface area contributed by atoms with E-state index in [4.69, 9.17) is 0 Å². The van der Waals surface area contributed by atoms with E-state index < -0.39 is 0 Å². The van der Waals surface area contributed by atoms with Gasteiger partial charge in [0.2, 0.25) is 0 Å². The molecule has 0 amide bonds. The molecule has 122 valence electrons. The van der Waals surface area contributed by atoms with Crippen molar-refractivity contribution < 1.29 is 0 Å². The predicted octanol–water partition coefficient (Wildman–Crippen LogP) is 2.57. The van der Waals surface area contributed by atoms with Crippen molar-refractivity contribution in [3.05, 3.63) is 0 Å². The van der Waals surface area contributed by atoms with Gasteiger partial charge in [-0.05, 0) is 56.7 Å². The maximum absolute atomic E-state index is 3.54. The molecule has 1 aliphatic carbocycles. The topological polar surface area (TPSA) is 18.5 Å². The lowest BCUT2D eigenvalue weighted by molar-refractivity contribution is 0.171. The quantitative estimate of drug-likeness (QED) is 0.859. The van der Waals surface area contributed by atoms with Crippen LogP contribution in [0.3, 0.4) is 0 Å². The smallest absolute Gasteiger partial charge is 0.0110 e. The maximum atomic E-state index is 3.54. The summed E-state index contributed by atoms with van der Waals surface area (Å²) in [7, 11) is 0. The largest absolute Gasteiger partial charge is 0.316 e. The molecule has 0 spiro atoms. The average molecular weight is 293 g/mol. The fourth-order valence-electron chi connectivity index (χ4n) is 4.64. The highest BCUT2D eigenvalue weighted by molar-refractivity contribution is 4.87. The molecule has 3 rings (SSSR count). The Hall–Kier alpha value is -0.120. The SMILES string of the molecule is CC1(CN2CCCN(CC3CCCCC3)CC2)CCNC1. The first-order valence-electron chi connectivity index (χ1n) is 9.39. The predicted molar refractivity (Wildman–Crippen MR) is 89.7 cm³/mol. The van der Waals surface area contributed by atoms with E-state index in [1.54, 1.807) is 0 Å². The van der Waals surface area contributed by atoms with Crippen LogP contribution in [0.15, 0.2) is 0 Å². The summed E-state index contributed by atoms with van der Waals surface area (Å²) in [5, 5.41) is 3.54. The Kier molecular flexibility index (Phi) is 5.58. The normalized spacial score (nSPS) is 34.1. The summed E-state index contributed by atoms with van der Waals surface area (Å²) >= 11 is 0. The number of rotatable bonds is 4. The lowest BCUT2D eigenvalue weighted by Gasteiger charge is -2.31. The zero-order chi connectivity index (χ0) is 14.5. The van der Waals surface area contributed by atoms with Gasteiger partial charge in [0.1, 0.15) is 0 Å². The Balaban J connectivity index is 1.43. The highest BCUT2D eigenvalue weighted by atomic mass is 15.2. The Bertz CT molecular complexity index is 306. The van der Waals surface area contributed by atoms with Gasteiger partial charge in [0.05, 0.1) is 0 Å². The minimum Gasteiger partial charge on any atom is -0.316 e. The summed E-state index contributed by atoms with van der Waals surface area (Å²) < 4.78 is 0. The third-order valence-corrected chi connectivity index (χ3v) is 5.98. The van der Waals surface area contributed by atoms with Gasteiger partial charge in [-0.3, -0.25) is 0 Å². The van der Waals surface area contributed by atoms with Crippen LogP contribution < -0.4 is 5.32 Å². The molecule has 1 saturated carbocycles. The molecule has 21 heavy (non-hydrogen) atoms. The van der Waals surface area contributed by atoms with E-state index in [0.29, 0.717) is 5.41 Å². The van der Waals surface area contributed by atoms with Crippen LogP contribution in [0.25, 0.3) is 0 Å². The second-order valence-corrected chi connectivity index (χ2v) is 8.17. The lowest BCUT2D eigenvalue weighted by atomic mass is 9.89. The molecule has 0 aromatic heterocycles. The van der Waals surface area contributed by atoms with Crippen molar-refractivity contribution in [3.63, 3.8) is 0 Å². The van der Waals surface area contributed by atoms with E-state index in [2.05, 4.69) is 22.0 Å². The van der Waals surface area contributed by atoms with Gasteiger partial charge >= 0.3 is 0 Å². The van der Waals surface area contributed by atoms with Gasteiger partial charge < -0.3 is 15.1 Å². The molecule has 0 radical (unpaired) electrons. The van der Waals surface area contributed by atoms with Crippen molar-refractivity contribution >= 4 is 0 Å². The molecule has 1 atom stereocenters. The van der Waals surface area contributed by atoms with Crippen LogP contribution >= 0.6 is 0 Å². The van der Waals surface area contributed by atoms with Gasteiger partial charge in [-0.15, -0.1) is 0 Å². The summed E-state index contributed by atoms with van der Waals surface area (Å²) in [4.78, 5) is 5.51. The van der Waals surface area contributed by atoms with Crippen molar-refractivity contribution in [2.75, 3.05) is 52.4 Å². The van der Waals surface area contributed by atoms with Crippen molar-refractivity contribution in [2.45, 2.75) is 51.9 Å². The van der Waals surface area contributed by atoms with Gasteiger partial charge in [-0.1, -0.05) is 26.2 Å². The lowest BCUT2D eigenvalue weighted by Crippen LogP contribution is -2.40. The van der Waals surface area contributed by atoms with Crippen LogP contribution in [0.2, 0.25) is 0 Å². The molecule has 1 N–H and O–H groups in total. The Morgan fingerprint density at radius 1 is 0.952 bits per heavy atom. The number of nitrogens with one attached hydrogen (secondary N) is 1. The monoisotopic (exact) mass is 293 g/mol.